The van der Waals surface area contributed by atoms with E-state index >= 15 is 0 Å². The lowest BCUT2D eigenvalue weighted by Crippen LogP contribution is -2.58. The van der Waals surface area contributed by atoms with Gasteiger partial charge in [0.25, 0.3) is 5.91 Å². The summed E-state index contributed by atoms with van der Waals surface area (Å²) in [5.74, 6) is 0.396. The second-order valence-corrected chi connectivity index (χ2v) is 11.7. The summed E-state index contributed by atoms with van der Waals surface area (Å²) in [6.07, 6.45) is 3.11. The Kier molecular flexibility index (Phi) is 7.86. The van der Waals surface area contributed by atoms with Crippen LogP contribution in [0.25, 0.3) is 0 Å². The van der Waals surface area contributed by atoms with Gasteiger partial charge in [-0.15, -0.1) is 11.3 Å². The highest BCUT2D eigenvalue weighted by Crippen LogP contribution is 2.55. The van der Waals surface area contributed by atoms with Gasteiger partial charge in [-0.05, 0) is 84.6 Å². The highest BCUT2D eigenvalue weighted by atomic mass is 32.1. The molecule has 2 fully saturated rings. The summed E-state index contributed by atoms with van der Waals surface area (Å²) in [4.78, 5) is 27.0. The average Bonchev–Trinajstić information content (AvgIpc) is 3.38. The molecule has 0 saturated heterocycles. The van der Waals surface area contributed by atoms with Crippen LogP contribution in [0.4, 0.5) is 0 Å². The SMILES string of the molecule is COc1ccc(C(=O)N[C@H]2CC[C@]3(C)CC[C@H]([C@H](C)C(=O)NCc4cccs4)[C@H](O)[C@H]3[C@@H]2C)cc1. The van der Waals surface area contributed by atoms with Crippen molar-refractivity contribution in [1.82, 2.24) is 10.6 Å². The number of aliphatic hydroxyl groups excluding tert-OH is 1. The maximum absolute atomic E-state index is 12.9. The lowest BCUT2D eigenvalue weighted by atomic mass is 9.51. The lowest BCUT2D eigenvalue weighted by molar-refractivity contribution is -0.142. The number of hydrogen-bond acceptors (Lipinski definition) is 5. The van der Waals surface area contributed by atoms with Crippen molar-refractivity contribution in [2.45, 2.75) is 65.1 Å². The maximum Gasteiger partial charge on any atom is 0.251 e. The number of amides is 2. The first-order valence-corrected chi connectivity index (χ1v) is 13.5. The number of fused-ring (bicyclic) bond motifs is 1. The summed E-state index contributed by atoms with van der Waals surface area (Å²) in [5, 5.41) is 19.9. The zero-order chi connectivity index (χ0) is 25.2. The fourth-order valence-electron chi connectivity index (χ4n) is 6.43. The predicted molar refractivity (Wildman–Crippen MR) is 138 cm³/mol. The molecule has 6 nitrogen and oxygen atoms in total. The zero-order valence-electron chi connectivity index (χ0n) is 21.1. The number of nitrogens with one attached hydrogen (secondary N) is 2. The minimum Gasteiger partial charge on any atom is -0.497 e. The Morgan fingerprint density at radius 1 is 1.20 bits per heavy atom. The van der Waals surface area contributed by atoms with E-state index in [0.717, 1.165) is 30.6 Å². The number of hydrogen-bond donors (Lipinski definition) is 3. The van der Waals surface area contributed by atoms with E-state index in [1.165, 1.54) is 0 Å². The molecule has 0 unspecified atom stereocenters. The number of thiophene rings is 1. The largest absolute Gasteiger partial charge is 0.497 e. The predicted octanol–water partition coefficient (Wildman–Crippen LogP) is 4.63. The van der Waals surface area contributed by atoms with Crippen molar-refractivity contribution in [3.05, 3.63) is 52.2 Å². The van der Waals surface area contributed by atoms with Crippen LogP contribution in [0.15, 0.2) is 41.8 Å². The zero-order valence-corrected chi connectivity index (χ0v) is 21.9. The molecule has 0 radical (unpaired) electrons. The summed E-state index contributed by atoms with van der Waals surface area (Å²) in [6, 6.07) is 11.1. The average molecular weight is 499 g/mol. The highest BCUT2D eigenvalue weighted by Gasteiger charge is 2.53. The van der Waals surface area contributed by atoms with Gasteiger partial charge in [-0.25, -0.2) is 0 Å². The standard InChI is InChI=1S/C28H38N2O4S/c1-17(26(32)29-16-21-6-5-15-35-21)22-11-13-28(3)14-12-23(18(2)24(28)25(22)31)30-27(33)19-7-9-20(34-4)10-8-19/h5-10,15,17-18,22-25,31H,11-14,16H2,1-4H3,(H,29,32)(H,30,33)/t17-,18+,22+,23-,24+,25-,28-/m0/s1. The minimum absolute atomic E-state index is 0.00104. The van der Waals surface area contributed by atoms with Crippen molar-refractivity contribution in [3.63, 3.8) is 0 Å². The molecular formula is C28H38N2O4S. The molecule has 35 heavy (non-hydrogen) atoms. The van der Waals surface area contributed by atoms with Gasteiger partial charge < -0.3 is 20.5 Å². The molecule has 3 N–H and O–H groups in total. The molecule has 7 atom stereocenters. The second-order valence-electron chi connectivity index (χ2n) is 10.7. The second kappa shape index (κ2) is 10.7. The molecule has 1 heterocycles. The molecule has 0 bridgehead atoms. The van der Waals surface area contributed by atoms with Gasteiger partial charge >= 0.3 is 0 Å². The first-order chi connectivity index (χ1) is 16.7. The van der Waals surface area contributed by atoms with Gasteiger partial charge in [0.05, 0.1) is 19.8 Å². The van der Waals surface area contributed by atoms with Crippen LogP contribution in [0, 0.1) is 29.1 Å². The van der Waals surface area contributed by atoms with Crippen LogP contribution in [0.2, 0.25) is 0 Å². The molecule has 1 aromatic carbocycles. The molecule has 2 aromatic rings. The molecule has 1 aromatic heterocycles. The Morgan fingerprint density at radius 2 is 1.91 bits per heavy atom. The number of rotatable bonds is 7. The van der Waals surface area contributed by atoms with E-state index in [4.69, 9.17) is 4.74 Å². The molecular weight excluding hydrogens is 460 g/mol. The number of carbonyl (C=O) groups is 2. The third-order valence-corrected chi connectivity index (χ3v) is 9.51. The summed E-state index contributed by atoms with van der Waals surface area (Å²) in [5.41, 5.74) is 0.619. The highest BCUT2D eigenvalue weighted by molar-refractivity contribution is 7.09. The van der Waals surface area contributed by atoms with E-state index in [1.54, 1.807) is 42.7 Å². The Labute approximate surface area is 212 Å². The maximum atomic E-state index is 12.9. The first-order valence-electron chi connectivity index (χ1n) is 12.7. The van der Waals surface area contributed by atoms with Gasteiger partial charge in [-0.2, -0.15) is 0 Å². The van der Waals surface area contributed by atoms with Gasteiger partial charge in [-0.3, -0.25) is 9.59 Å². The van der Waals surface area contributed by atoms with Gasteiger partial charge in [0.15, 0.2) is 0 Å². The molecule has 7 heteroatoms. The topological polar surface area (TPSA) is 87.7 Å². The van der Waals surface area contributed by atoms with Crippen LogP contribution in [-0.2, 0) is 11.3 Å². The minimum atomic E-state index is -0.577. The fourth-order valence-corrected chi connectivity index (χ4v) is 7.08. The molecule has 2 aliphatic carbocycles. The van der Waals surface area contributed by atoms with Crippen molar-refractivity contribution in [3.8, 4) is 5.75 Å². The molecule has 0 spiro atoms. The van der Waals surface area contributed by atoms with E-state index < -0.39 is 6.10 Å². The number of methoxy groups -OCH3 is 1. The van der Waals surface area contributed by atoms with Crippen molar-refractivity contribution < 1.29 is 19.4 Å². The summed E-state index contributed by atoms with van der Waals surface area (Å²) in [6.45, 7) is 6.89. The van der Waals surface area contributed by atoms with Crippen molar-refractivity contribution in [1.29, 1.82) is 0 Å². The third-order valence-electron chi connectivity index (χ3n) is 8.63. The van der Waals surface area contributed by atoms with Crippen LogP contribution >= 0.6 is 11.3 Å². The molecule has 2 amide bonds. The quantitative estimate of drug-likeness (QED) is 0.519. The molecule has 190 valence electrons. The van der Waals surface area contributed by atoms with Gasteiger partial charge in [0.1, 0.15) is 5.75 Å². The summed E-state index contributed by atoms with van der Waals surface area (Å²) < 4.78 is 5.19. The van der Waals surface area contributed by atoms with Crippen LogP contribution in [0.5, 0.6) is 5.75 Å². The molecule has 4 rings (SSSR count). The molecule has 2 saturated carbocycles. The number of ether oxygens (including phenoxy) is 1. The van der Waals surface area contributed by atoms with Gasteiger partial charge in [0.2, 0.25) is 5.91 Å². The Bertz CT molecular complexity index is 1010. The van der Waals surface area contributed by atoms with Crippen LogP contribution < -0.4 is 15.4 Å². The van der Waals surface area contributed by atoms with Crippen molar-refractivity contribution in [2.24, 2.45) is 29.1 Å². The van der Waals surface area contributed by atoms with E-state index in [0.29, 0.717) is 17.9 Å². The van der Waals surface area contributed by atoms with Crippen LogP contribution in [0.1, 0.15) is 61.7 Å². The van der Waals surface area contributed by atoms with Crippen molar-refractivity contribution in [2.75, 3.05) is 7.11 Å². The van der Waals surface area contributed by atoms with E-state index in [-0.39, 0.29) is 46.9 Å². The van der Waals surface area contributed by atoms with Crippen molar-refractivity contribution >= 4 is 23.2 Å². The Morgan fingerprint density at radius 3 is 2.57 bits per heavy atom. The lowest BCUT2D eigenvalue weighted by Gasteiger charge is -2.56. The molecule has 2 aliphatic rings. The summed E-state index contributed by atoms with van der Waals surface area (Å²) >= 11 is 1.63. The first kappa shape index (κ1) is 25.7. The van der Waals surface area contributed by atoms with Gasteiger partial charge in [-0.1, -0.05) is 26.8 Å². The number of benzene rings is 1. The smallest absolute Gasteiger partial charge is 0.251 e. The third kappa shape index (κ3) is 5.41. The number of aliphatic hydroxyl groups is 1. The molecule has 0 aliphatic heterocycles. The van der Waals surface area contributed by atoms with Gasteiger partial charge in [0, 0.05) is 22.4 Å². The van der Waals surface area contributed by atoms with E-state index in [9.17, 15) is 14.7 Å². The Balaban J connectivity index is 1.42. The van der Waals surface area contributed by atoms with Crippen LogP contribution in [0.3, 0.4) is 0 Å². The van der Waals surface area contributed by atoms with E-state index in [2.05, 4.69) is 24.5 Å². The summed E-state index contributed by atoms with van der Waals surface area (Å²) in [7, 11) is 1.60. The monoisotopic (exact) mass is 498 g/mol. The van der Waals surface area contributed by atoms with Crippen LogP contribution in [-0.4, -0.2) is 36.2 Å². The fraction of sp³-hybridized carbons (Fsp3) is 0.571. The Hall–Kier alpha value is -2.38. The number of carbonyl (C=O) groups excluding carboxylic acids is 2. The normalized spacial score (nSPS) is 31.2. The van der Waals surface area contributed by atoms with E-state index in [1.807, 2.05) is 24.4 Å².